The first kappa shape index (κ1) is 14.7. The van der Waals surface area contributed by atoms with E-state index in [0.717, 1.165) is 33.1 Å². The minimum absolute atomic E-state index is 0.317. The van der Waals surface area contributed by atoms with Gasteiger partial charge in [-0.05, 0) is 30.7 Å². The summed E-state index contributed by atoms with van der Waals surface area (Å²) in [6, 6.07) is 5.77. The standard InChI is InChI=1S/C16H17N3O2S/c1-9(2)15-18-19-12(8-20)14(17-16(19)22-15)11-5-6-13(21-4)10(3)7-11/h5-9H,1-4H3. The van der Waals surface area contributed by atoms with Gasteiger partial charge in [0, 0.05) is 11.5 Å². The number of fused-ring (bicyclic) bond motifs is 1. The number of ether oxygens (including phenoxy) is 1. The zero-order valence-electron chi connectivity index (χ0n) is 13.0. The minimum Gasteiger partial charge on any atom is -0.496 e. The zero-order chi connectivity index (χ0) is 15.9. The Morgan fingerprint density at radius 1 is 1.36 bits per heavy atom. The number of carbonyl (C=O) groups excluding carboxylic acids is 1. The van der Waals surface area contributed by atoms with Gasteiger partial charge < -0.3 is 4.74 Å². The summed E-state index contributed by atoms with van der Waals surface area (Å²) >= 11 is 1.52. The van der Waals surface area contributed by atoms with E-state index in [1.54, 1.807) is 11.6 Å². The molecule has 0 saturated heterocycles. The van der Waals surface area contributed by atoms with E-state index in [-0.39, 0.29) is 0 Å². The van der Waals surface area contributed by atoms with E-state index < -0.39 is 0 Å². The fourth-order valence-electron chi connectivity index (χ4n) is 2.36. The molecule has 2 aromatic heterocycles. The normalized spacial score (nSPS) is 11.3. The SMILES string of the molecule is COc1ccc(-c2nc3sc(C(C)C)nn3c2C=O)cc1C. The van der Waals surface area contributed by atoms with Crippen LogP contribution in [0.15, 0.2) is 18.2 Å². The topological polar surface area (TPSA) is 56.5 Å². The third-order valence-electron chi connectivity index (χ3n) is 3.53. The van der Waals surface area contributed by atoms with Crippen molar-refractivity contribution in [3.63, 3.8) is 0 Å². The molecule has 6 heteroatoms. The summed E-state index contributed by atoms with van der Waals surface area (Å²) < 4.78 is 6.91. The monoisotopic (exact) mass is 315 g/mol. The van der Waals surface area contributed by atoms with Crippen molar-refractivity contribution in [2.45, 2.75) is 26.7 Å². The number of benzene rings is 1. The van der Waals surface area contributed by atoms with Gasteiger partial charge in [-0.2, -0.15) is 9.61 Å². The van der Waals surface area contributed by atoms with Gasteiger partial charge in [-0.3, -0.25) is 4.79 Å². The van der Waals surface area contributed by atoms with E-state index in [9.17, 15) is 4.79 Å². The maximum absolute atomic E-state index is 11.5. The molecule has 3 rings (SSSR count). The second-order valence-corrected chi connectivity index (χ2v) is 6.42. The summed E-state index contributed by atoms with van der Waals surface area (Å²) in [7, 11) is 1.64. The largest absolute Gasteiger partial charge is 0.496 e. The number of aryl methyl sites for hydroxylation is 1. The second-order valence-electron chi connectivity index (χ2n) is 5.44. The molecule has 0 N–H and O–H groups in total. The van der Waals surface area contributed by atoms with E-state index in [1.165, 1.54) is 11.3 Å². The van der Waals surface area contributed by atoms with Crippen molar-refractivity contribution in [2.24, 2.45) is 0 Å². The van der Waals surface area contributed by atoms with Crippen molar-refractivity contribution in [3.05, 3.63) is 34.5 Å². The van der Waals surface area contributed by atoms with Crippen LogP contribution in [-0.2, 0) is 0 Å². The van der Waals surface area contributed by atoms with E-state index in [0.29, 0.717) is 17.3 Å². The molecule has 2 heterocycles. The molecule has 22 heavy (non-hydrogen) atoms. The Hall–Kier alpha value is -2.21. The third-order valence-corrected chi connectivity index (χ3v) is 4.74. The molecule has 0 unspecified atom stereocenters. The van der Waals surface area contributed by atoms with Crippen LogP contribution in [0.4, 0.5) is 0 Å². The summed E-state index contributed by atoms with van der Waals surface area (Å²) in [6.45, 7) is 6.12. The second kappa shape index (κ2) is 5.53. The number of hydrogen-bond donors (Lipinski definition) is 0. The summed E-state index contributed by atoms with van der Waals surface area (Å²) in [6.07, 6.45) is 0.818. The predicted molar refractivity (Wildman–Crippen MR) is 87.1 cm³/mol. The molecule has 0 aliphatic carbocycles. The van der Waals surface area contributed by atoms with Crippen molar-refractivity contribution in [3.8, 4) is 17.0 Å². The number of carbonyl (C=O) groups is 1. The zero-order valence-corrected chi connectivity index (χ0v) is 13.8. The molecular formula is C16H17N3O2S. The van der Waals surface area contributed by atoms with Crippen LogP contribution >= 0.6 is 11.3 Å². The molecule has 0 bridgehead atoms. The smallest absolute Gasteiger partial charge is 0.213 e. The average molecular weight is 315 g/mol. The highest BCUT2D eigenvalue weighted by molar-refractivity contribution is 7.16. The van der Waals surface area contributed by atoms with Crippen LogP contribution in [0.2, 0.25) is 0 Å². The number of aromatic nitrogens is 3. The number of methoxy groups -OCH3 is 1. The van der Waals surface area contributed by atoms with Gasteiger partial charge in [0.15, 0.2) is 6.29 Å². The van der Waals surface area contributed by atoms with E-state index in [4.69, 9.17) is 4.74 Å². The Bertz CT molecular complexity index is 849. The highest BCUT2D eigenvalue weighted by Gasteiger charge is 2.19. The van der Waals surface area contributed by atoms with Crippen LogP contribution < -0.4 is 4.74 Å². The highest BCUT2D eigenvalue weighted by Crippen LogP contribution is 2.30. The minimum atomic E-state index is 0.317. The Morgan fingerprint density at radius 2 is 2.14 bits per heavy atom. The quantitative estimate of drug-likeness (QED) is 0.689. The van der Waals surface area contributed by atoms with Gasteiger partial charge in [0.05, 0.1) is 7.11 Å². The maximum Gasteiger partial charge on any atom is 0.213 e. The van der Waals surface area contributed by atoms with Crippen molar-refractivity contribution in [2.75, 3.05) is 7.11 Å². The lowest BCUT2D eigenvalue weighted by molar-refractivity contribution is 0.111. The number of hydrogen-bond acceptors (Lipinski definition) is 5. The van der Waals surface area contributed by atoms with Crippen LogP contribution in [0.1, 0.15) is 40.8 Å². The number of rotatable bonds is 4. The van der Waals surface area contributed by atoms with Crippen molar-refractivity contribution in [1.29, 1.82) is 0 Å². The fourth-order valence-corrected chi connectivity index (χ4v) is 3.26. The number of nitrogens with zero attached hydrogens (tertiary/aromatic N) is 3. The van der Waals surface area contributed by atoms with Gasteiger partial charge in [0.25, 0.3) is 0 Å². The number of imidazole rings is 1. The van der Waals surface area contributed by atoms with Gasteiger partial charge in [0.1, 0.15) is 22.1 Å². The van der Waals surface area contributed by atoms with Gasteiger partial charge in [-0.15, -0.1) is 0 Å². The van der Waals surface area contributed by atoms with E-state index >= 15 is 0 Å². The fraction of sp³-hybridized carbons (Fsp3) is 0.312. The van der Waals surface area contributed by atoms with Gasteiger partial charge in [-0.25, -0.2) is 4.98 Å². The van der Waals surface area contributed by atoms with Crippen LogP contribution in [0, 0.1) is 6.92 Å². The Morgan fingerprint density at radius 3 is 2.73 bits per heavy atom. The molecule has 0 spiro atoms. The van der Waals surface area contributed by atoms with Crippen LogP contribution in [0.3, 0.4) is 0 Å². The molecule has 1 aromatic carbocycles. The molecule has 5 nitrogen and oxygen atoms in total. The average Bonchev–Trinajstić information content (AvgIpc) is 3.04. The summed E-state index contributed by atoms with van der Waals surface area (Å²) in [5, 5.41) is 5.48. The van der Waals surface area contributed by atoms with Gasteiger partial charge in [0.2, 0.25) is 4.96 Å². The van der Waals surface area contributed by atoms with Crippen molar-refractivity contribution < 1.29 is 9.53 Å². The van der Waals surface area contributed by atoms with Gasteiger partial charge in [-0.1, -0.05) is 25.2 Å². The van der Waals surface area contributed by atoms with Crippen molar-refractivity contribution in [1.82, 2.24) is 14.6 Å². The lowest BCUT2D eigenvalue weighted by atomic mass is 10.1. The van der Waals surface area contributed by atoms with Gasteiger partial charge >= 0.3 is 0 Å². The van der Waals surface area contributed by atoms with Crippen LogP contribution in [0.25, 0.3) is 16.2 Å². The first-order chi connectivity index (χ1) is 10.5. The molecular weight excluding hydrogens is 298 g/mol. The molecule has 0 amide bonds. The Labute approximate surface area is 132 Å². The molecule has 0 saturated carbocycles. The summed E-state index contributed by atoms with van der Waals surface area (Å²) in [5.74, 6) is 1.13. The molecule has 0 fully saturated rings. The van der Waals surface area contributed by atoms with E-state index in [2.05, 4.69) is 23.9 Å². The molecule has 3 aromatic rings. The number of aldehydes is 1. The maximum atomic E-state index is 11.5. The highest BCUT2D eigenvalue weighted by atomic mass is 32.1. The Balaban J connectivity index is 2.16. The lowest BCUT2D eigenvalue weighted by Crippen LogP contribution is -1.96. The van der Waals surface area contributed by atoms with Crippen molar-refractivity contribution >= 4 is 22.6 Å². The third kappa shape index (κ3) is 2.29. The Kier molecular flexibility index (Phi) is 3.70. The summed E-state index contributed by atoms with van der Waals surface area (Å²) in [5.41, 5.74) is 3.05. The summed E-state index contributed by atoms with van der Waals surface area (Å²) in [4.78, 5) is 16.9. The molecule has 114 valence electrons. The van der Waals surface area contributed by atoms with Crippen LogP contribution in [0.5, 0.6) is 5.75 Å². The molecule has 0 atom stereocenters. The van der Waals surface area contributed by atoms with Crippen LogP contribution in [-0.4, -0.2) is 28.0 Å². The lowest BCUT2D eigenvalue weighted by Gasteiger charge is -2.06. The first-order valence-corrected chi connectivity index (χ1v) is 7.86. The first-order valence-electron chi connectivity index (χ1n) is 7.04. The van der Waals surface area contributed by atoms with E-state index in [1.807, 2.05) is 25.1 Å². The predicted octanol–water partition coefficient (Wildman–Crippen LogP) is 3.71. The molecule has 0 radical (unpaired) electrons. The molecule has 0 aliphatic rings. The molecule has 0 aliphatic heterocycles.